The van der Waals surface area contributed by atoms with Gasteiger partial charge in [0.2, 0.25) is 0 Å². The minimum Gasteiger partial charge on any atom is -0.466 e. The normalized spacial score (nSPS) is 11.7. The number of ether oxygens (including phenoxy) is 1. The number of unbranched alkanes of at least 4 members (excludes halogenated alkanes) is 10. The first kappa shape index (κ1) is 22.5. The van der Waals surface area contributed by atoms with Gasteiger partial charge < -0.3 is 4.74 Å². The van der Waals surface area contributed by atoms with Crippen molar-refractivity contribution in [3.05, 3.63) is 0 Å². The van der Waals surface area contributed by atoms with Crippen LogP contribution in [-0.2, 0) is 9.53 Å². The van der Waals surface area contributed by atoms with Crippen LogP contribution < -0.4 is 0 Å². The lowest BCUT2D eigenvalue weighted by Crippen LogP contribution is -2.05. The Balaban J connectivity index is 3.20. The van der Waals surface area contributed by atoms with E-state index in [0.29, 0.717) is 18.4 Å². The first-order chi connectivity index (χ1) is 11.0. The van der Waals surface area contributed by atoms with Crippen LogP contribution in [0.4, 0.5) is 0 Å². The van der Waals surface area contributed by atoms with Crippen LogP contribution in [0.25, 0.3) is 0 Å². The fraction of sp³-hybridized carbons (Fsp3) is 0.952. The van der Waals surface area contributed by atoms with Crippen molar-refractivity contribution in [1.29, 1.82) is 0 Å². The molecule has 0 heterocycles. The number of hydrogen-bond donors (Lipinski definition) is 0. The molecule has 0 aromatic rings. The van der Waals surface area contributed by atoms with E-state index in [4.69, 9.17) is 4.74 Å². The summed E-state index contributed by atoms with van der Waals surface area (Å²) in [6.07, 6.45) is 16.8. The van der Waals surface area contributed by atoms with E-state index in [2.05, 4.69) is 27.7 Å². The predicted molar refractivity (Wildman–Crippen MR) is 101 cm³/mol. The van der Waals surface area contributed by atoms with E-state index in [9.17, 15) is 4.79 Å². The van der Waals surface area contributed by atoms with Crippen molar-refractivity contribution in [2.45, 2.75) is 118 Å². The standard InChI is InChI=1S/C21H42O2/c1-5-6-7-8-11-14-17-20(22)23-19-16-13-10-9-12-15-18-21(2,3)4/h5-19H2,1-4H3. The lowest BCUT2D eigenvalue weighted by Gasteiger charge is -2.17. The second-order valence-corrected chi connectivity index (χ2v) is 8.17. The number of rotatable bonds is 15. The highest BCUT2D eigenvalue weighted by Gasteiger charge is 2.08. The molecule has 2 nitrogen and oxygen atoms in total. The predicted octanol–water partition coefficient (Wildman–Crippen LogP) is 7.06. The molecule has 0 radical (unpaired) electrons. The quantitative estimate of drug-likeness (QED) is 0.238. The molecule has 0 aliphatic carbocycles. The van der Waals surface area contributed by atoms with E-state index < -0.39 is 0 Å². The zero-order valence-electron chi connectivity index (χ0n) is 16.4. The Morgan fingerprint density at radius 1 is 0.739 bits per heavy atom. The molecular weight excluding hydrogens is 284 g/mol. The van der Waals surface area contributed by atoms with Gasteiger partial charge in [-0.15, -0.1) is 0 Å². The summed E-state index contributed by atoms with van der Waals surface area (Å²) < 4.78 is 5.30. The van der Waals surface area contributed by atoms with E-state index in [0.717, 1.165) is 12.8 Å². The van der Waals surface area contributed by atoms with Crippen molar-refractivity contribution in [3.63, 3.8) is 0 Å². The first-order valence-corrected chi connectivity index (χ1v) is 10.1. The second kappa shape index (κ2) is 15.0. The number of carbonyl (C=O) groups is 1. The SMILES string of the molecule is CCCCCCCCC(=O)OCCCCCCCCC(C)(C)C. The summed E-state index contributed by atoms with van der Waals surface area (Å²) in [4.78, 5) is 11.6. The van der Waals surface area contributed by atoms with E-state index in [-0.39, 0.29) is 5.97 Å². The molecular formula is C21H42O2. The maximum absolute atomic E-state index is 11.6. The van der Waals surface area contributed by atoms with Crippen molar-refractivity contribution in [2.75, 3.05) is 6.61 Å². The highest BCUT2D eigenvalue weighted by Crippen LogP contribution is 2.22. The van der Waals surface area contributed by atoms with Gasteiger partial charge in [0.1, 0.15) is 0 Å². The van der Waals surface area contributed by atoms with Crippen molar-refractivity contribution in [3.8, 4) is 0 Å². The summed E-state index contributed by atoms with van der Waals surface area (Å²) in [6.45, 7) is 9.78. The molecule has 138 valence electrons. The fourth-order valence-corrected chi connectivity index (χ4v) is 2.77. The Hall–Kier alpha value is -0.530. The molecule has 0 N–H and O–H groups in total. The Kier molecular flexibility index (Phi) is 14.7. The largest absolute Gasteiger partial charge is 0.466 e. The van der Waals surface area contributed by atoms with Crippen molar-refractivity contribution in [2.24, 2.45) is 5.41 Å². The fourth-order valence-electron chi connectivity index (χ4n) is 2.77. The number of hydrogen-bond acceptors (Lipinski definition) is 2. The van der Waals surface area contributed by atoms with Crippen molar-refractivity contribution < 1.29 is 9.53 Å². The number of esters is 1. The molecule has 0 spiro atoms. The van der Waals surface area contributed by atoms with Crippen molar-refractivity contribution in [1.82, 2.24) is 0 Å². The summed E-state index contributed by atoms with van der Waals surface area (Å²) in [5, 5.41) is 0. The second-order valence-electron chi connectivity index (χ2n) is 8.17. The third-order valence-electron chi connectivity index (χ3n) is 4.32. The molecule has 0 fully saturated rings. The highest BCUT2D eigenvalue weighted by atomic mass is 16.5. The Morgan fingerprint density at radius 3 is 1.87 bits per heavy atom. The van der Waals surface area contributed by atoms with Gasteiger partial charge in [0.15, 0.2) is 0 Å². The molecule has 23 heavy (non-hydrogen) atoms. The van der Waals surface area contributed by atoms with Crippen LogP contribution in [0, 0.1) is 5.41 Å². The monoisotopic (exact) mass is 326 g/mol. The maximum Gasteiger partial charge on any atom is 0.305 e. The highest BCUT2D eigenvalue weighted by molar-refractivity contribution is 5.69. The molecule has 0 bridgehead atoms. The summed E-state index contributed by atoms with van der Waals surface area (Å²) in [5.41, 5.74) is 0.476. The van der Waals surface area contributed by atoms with Gasteiger partial charge in [-0.25, -0.2) is 0 Å². The molecule has 0 saturated carbocycles. The average Bonchev–Trinajstić information content (AvgIpc) is 2.48. The van der Waals surface area contributed by atoms with Gasteiger partial charge in [0.05, 0.1) is 6.61 Å². The Morgan fingerprint density at radius 2 is 1.26 bits per heavy atom. The summed E-state index contributed by atoms with van der Waals surface area (Å²) >= 11 is 0. The molecule has 0 aromatic heterocycles. The summed E-state index contributed by atoms with van der Waals surface area (Å²) in [6, 6.07) is 0. The van der Waals surface area contributed by atoms with Gasteiger partial charge in [-0.2, -0.15) is 0 Å². The molecule has 0 saturated heterocycles. The van der Waals surface area contributed by atoms with Crippen LogP contribution in [0.15, 0.2) is 0 Å². The minimum absolute atomic E-state index is 0.00525. The van der Waals surface area contributed by atoms with E-state index in [1.807, 2.05) is 0 Å². The van der Waals surface area contributed by atoms with Crippen LogP contribution in [0.3, 0.4) is 0 Å². The van der Waals surface area contributed by atoms with Crippen LogP contribution >= 0.6 is 0 Å². The number of carbonyl (C=O) groups excluding carboxylic acids is 1. The third-order valence-corrected chi connectivity index (χ3v) is 4.32. The molecule has 0 unspecified atom stereocenters. The van der Waals surface area contributed by atoms with Gasteiger partial charge in [-0.05, 0) is 24.7 Å². The van der Waals surface area contributed by atoms with Crippen molar-refractivity contribution >= 4 is 5.97 Å². The lowest BCUT2D eigenvalue weighted by atomic mass is 9.89. The summed E-state index contributed by atoms with van der Waals surface area (Å²) in [5.74, 6) is 0.00525. The summed E-state index contributed by atoms with van der Waals surface area (Å²) in [7, 11) is 0. The van der Waals surface area contributed by atoms with Gasteiger partial charge in [-0.1, -0.05) is 91.9 Å². The minimum atomic E-state index is 0.00525. The molecule has 0 atom stereocenters. The molecule has 0 amide bonds. The topological polar surface area (TPSA) is 26.3 Å². The zero-order chi connectivity index (χ0) is 17.4. The van der Waals surface area contributed by atoms with Crippen LogP contribution in [0.1, 0.15) is 118 Å². The van der Waals surface area contributed by atoms with Crippen LogP contribution in [-0.4, -0.2) is 12.6 Å². The van der Waals surface area contributed by atoms with E-state index in [1.54, 1.807) is 0 Å². The molecule has 0 rings (SSSR count). The smallest absolute Gasteiger partial charge is 0.305 e. The van der Waals surface area contributed by atoms with Gasteiger partial charge in [0, 0.05) is 6.42 Å². The molecule has 0 aliphatic heterocycles. The molecule has 0 aromatic carbocycles. The van der Waals surface area contributed by atoms with Gasteiger partial charge in [-0.3, -0.25) is 4.79 Å². The maximum atomic E-state index is 11.6. The Bertz CT molecular complexity index is 266. The van der Waals surface area contributed by atoms with Gasteiger partial charge >= 0.3 is 5.97 Å². The average molecular weight is 327 g/mol. The van der Waals surface area contributed by atoms with Crippen LogP contribution in [0.5, 0.6) is 0 Å². The van der Waals surface area contributed by atoms with Gasteiger partial charge in [0.25, 0.3) is 0 Å². The molecule has 0 aliphatic rings. The zero-order valence-corrected chi connectivity index (χ0v) is 16.4. The first-order valence-electron chi connectivity index (χ1n) is 10.1. The molecule has 2 heteroatoms. The van der Waals surface area contributed by atoms with E-state index in [1.165, 1.54) is 70.6 Å². The lowest BCUT2D eigenvalue weighted by molar-refractivity contribution is -0.143. The van der Waals surface area contributed by atoms with Crippen LogP contribution in [0.2, 0.25) is 0 Å². The van der Waals surface area contributed by atoms with E-state index >= 15 is 0 Å². The Labute approximate surface area is 145 Å². The third kappa shape index (κ3) is 19.4.